The fourth-order valence-electron chi connectivity index (χ4n) is 3.66. The number of amides is 3. The van der Waals surface area contributed by atoms with Crippen LogP contribution < -0.4 is 15.5 Å². The van der Waals surface area contributed by atoms with Crippen LogP contribution in [0.2, 0.25) is 0 Å². The number of hydrogen-bond donors (Lipinski definition) is 2. The van der Waals surface area contributed by atoms with Crippen molar-refractivity contribution < 1.29 is 14.0 Å². The van der Waals surface area contributed by atoms with Crippen LogP contribution in [0.4, 0.5) is 20.6 Å². The number of anilines is 2. The lowest BCUT2D eigenvalue weighted by atomic mass is 10.1. The molecule has 6 nitrogen and oxygen atoms in total. The number of halogens is 1. The van der Waals surface area contributed by atoms with Gasteiger partial charge in [0, 0.05) is 43.0 Å². The third-order valence-electron chi connectivity index (χ3n) is 5.36. The first-order valence-corrected chi connectivity index (χ1v) is 9.99. The minimum absolute atomic E-state index is 0.0642. The molecule has 4 rings (SSSR count). The molecule has 1 heterocycles. The fraction of sp³-hybridized carbons (Fsp3) is 0.364. The standard InChI is InChI=1S/C22H25FN4O2/c1-15-14-26(20-8-3-2-7-19(20)23)11-12-27(15)21(28)16-5-4-6-18(13-16)25-22(29)24-17-9-10-17/h2-8,13,15,17H,9-12,14H2,1H3,(H2,24,25,29). The van der Waals surface area contributed by atoms with Crippen molar-refractivity contribution in [1.29, 1.82) is 0 Å². The first kappa shape index (κ1) is 19.2. The van der Waals surface area contributed by atoms with Crippen LogP contribution in [0.25, 0.3) is 0 Å². The molecule has 152 valence electrons. The van der Waals surface area contributed by atoms with Crippen molar-refractivity contribution in [1.82, 2.24) is 10.2 Å². The van der Waals surface area contributed by atoms with Gasteiger partial charge in [-0.25, -0.2) is 9.18 Å². The van der Waals surface area contributed by atoms with Crippen molar-refractivity contribution in [2.45, 2.75) is 31.8 Å². The van der Waals surface area contributed by atoms with Gasteiger partial charge in [-0.15, -0.1) is 0 Å². The molecule has 0 spiro atoms. The molecule has 0 radical (unpaired) electrons. The van der Waals surface area contributed by atoms with Gasteiger partial charge in [-0.05, 0) is 50.1 Å². The largest absolute Gasteiger partial charge is 0.365 e. The van der Waals surface area contributed by atoms with Gasteiger partial charge in [-0.2, -0.15) is 0 Å². The van der Waals surface area contributed by atoms with E-state index in [0.29, 0.717) is 36.6 Å². The van der Waals surface area contributed by atoms with E-state index in [-0.39, 0.29) is 29.8 Å². The number of hydrogen-bond acceptors (Lipinski definition) is 3. The fourth-order valence-corrected chi connectivity index (χ4v) is 3.66. The van der Waals surface area contributed by atoms with Crippen LogP contribution in [0.1, 0.15) is 30.1 Å². The Hall–Kier alpha value is -3.09. The molecule has 1 aliphatic heterocycles. The van der Waals surface area contributed by atoms with Crippen molar-refractivity contribution in [3.63, 3.8) is 0 Å². The lowest BCUT2D eigenvalue weighted by molar-refractivity contribution is 0.0674. The molecule has 2 aromatic carbocycles. The van der Waals surface area contributed by atoms with Gasteiger partial charge in [0.1, 0.15) is 5.82 Å². The molecule has 2 N–H and O–H groups in total. The maximum atomic E-state index is 14.1. The van der Waals surface area contributed by atoms with Gasteiger partial charge in [-0.3, -0.25) is 4.79 Å². The minimum atomic E-state index is -0.247. The Morgan fingerprint density at radius 1 is 1.07 bits per heavy atom. The summed E-state index contributed by atoms with van der Waals surface area (Å²) in [6.45, 7) is 3.61. The first-order valence-electron chi connectivity index (χ1n) is 9.99. The van der Waals surface area contributed by atoms with Crippen molar-refractivity contribution in [3.8, 4) is 0 Å². The van der Waals surface area contributed by atoms with Gasteiger partial charge in [0.25, 0.3) is 5.91 Å². The monoisotopic (exact) mass is 396 g/mol. The summed E-state index contributed by atoms with van der Waals surface area (Å²) in [7, 11) is 0. The van der Waals surface area contributed by atoms with Gasteiger partial charge >= 0.3 is 6.03 Å². The van der Waals surface area contributed by atoms with Gasteiger partial charge in [0.05, 0.1) is 5.69 Å². The maximum absolute atomic E-state index is 14.1. The lowest BCUT2D eigenvalue weighted by Crippen LogP contribution is -2.54. The summed E-state index contributed by atoms with van der Waals surface area (Å²) >= 11 is 0. The van der Waals surface area contributed by atoms with Crippen LogP contribution in [0.15, 0.2) is 48.5 Å². The number of rotatable bonds is 4. The maximum Gasteiger partial charge on any atom is 0.319 e. The van der Waals surface area contributed by atoms with E-state index in [4.69, 9.17) is 0 Å². The molecule has 2 aliphatic rings. The zero-order valence-electron chi connectivity index (χ0n) is 16.4. The van der Waals surface area contributed by atoms with Crippen LogP contribution in [-0.4, -0.2) is 48.6 Å². The van der Waals surface area contributed by atoms with Crippen molar-refractivity contribution in [3.05, 3.63) is 59.9 Å². The average Bonchev–Trinajstić information content (AvgIpc) is 3.52. The molecule has 29 heavy (non-hydrogen) atoms. The molecule has 1 aliphatic carbocycles. The molecule has 2 fully saturated rings. The number of benzene rings is 2. The number of piperazine rings is 1. The van der Waals surface area contributed by atoms with Gasteiger partial charge in [0.15, 0.2) is 0 Å². The Morgan fingerprint density at radius 3 is 2.59 bits per heavy atom. The van der Waals surface area contributed by atoms with E-state index < -0.39 is 0 Å². The smallest absolute Gasteiger partial charge is 0.319 e. The van der Waals surface area contributed by atoms with Gasteiger partial charge in [0.2, 0.25) is 0 Å². The average molecular weight is 396 g/mol. The highest BCUT2D eigenvalue weighted by atomic mass is 19.1. The number of nitrogens with zero attached hydrogens (tertiary/aromatic N) is 2. The summed E-state index contributed by atoms with van der Waals surface area (Å²) in [5.74, 6) is -0.334. The molecule has 1 saturated carbocycles. The van der Waals surface area contributed by atoms with Gasteiger partial charge < -0.3 is 20.4 Å². The third kappa shape index (κ3) is 4.50. The second kappa shape index (κ2) is 8.11. The lowest BCUT2D eigenvalue weighted by Gasteiger charge is -2.41. The van der Waals surface area contributed by atoms with Crippen molar-refractivity contribution in [2.75, 3.05) is 29.9 Å². The number of urea groups is 1. The van der Waals surface area contributed by atoms with Crippen LogP contribution >= 0.6 is 0 Å². The van der Waals surface area contributed by atoms with E-state index in [0.717, 1.165) is 12.8 Å². The predicted octanol–water partition coefficient (Wildman–Crippen LogP) is 3.46. The molecule has 0 bridgehead atoms. The summed E-state index contributed by atoms with van der Waals surface area (Å²) in [4.78, 5) is 28.8. The Bertz CT molecular complexity index is 915. The zero-order chi connectivity index (χ0) is 20.4. The van der Waals surface area contributed by atoms with Crippen LogP contribution in [-0.2, 0) is 0 Å². The van der Waals surface area contributed by atoms with E-state index in [2.05, 4.69) is 10.6 Å². The normalized spacial score (nSPS) is 19.0. The van der Waals surface area contributed by atoms with Crippen LogP contribution in [0, 0.1) is 5.82 Å². The predicted molar refractivity (Wildman–Crippen MR) is 111 cm³/mol. The Balaban J connectivity index is 1.41. The van der Waals surface area contributed by atoms with Gasteiger partial charge in [-0.1, -0.05) is 18.2 Å². The number of para-hydroxylation sites is 1. The van der Waals surface area contributed by atoms with E-state index in [1.807, 2.05) is 17.9 Å². The summed E-state index contributed by atoms with van der Waals surface area (Å²) < 4.78 is 14.1. The molecule has 1 unspecified atom stereocenters. The molecular weight excluding hydrogens is 371 g/mol. The van der Waals surface area contributed by atoms with E-state index >= 15 is 0 Å². The second-order valence-corrected chi connectivity index (χ2v) is 7.70. The first-order chi connectivity index (χ1) is 14.0. The number of nitrogens with one attached hydrogen (secondary N) is 2. The summed E-state index contributed by atoms with van der Waals surface area (Å²) in [5, 5.41) is 5.65. The Labute approximate surface area is 169 Å². The minimum Gasteiger partial charge on any atom is -0.365 e. The Morgan fingerprint density at radius 2 is 1.86 bits per heavy atom. The van der Waals surface area contributed by atoms with Crippen molar-refractivity contribution >= 4 is 23.3 Å². The number of carbonyl (C=O) groups excluding carboxylic acids is 2. The highest BCUT2D eigenvalue weighted by Crippen LogP contribution is 2.24. The van der Waals surface area contributed by atoms with E-state index in [1.165, 1.54) is 6.07 Å². The zero-order valence-corrected chi connectivity index (χ0v) is 16.4. The number of carbonyl (C=O) groups is 2. The SMILES string of the molecule is CC1CN(c2ccccc2F)CCN1C(=O)c1cccc(NC(=O)NC2CC2)c1. The Kier molecular flexibility index (Phi) is 5.38. The molecule has 2 aromatic rings. The van der Waals surface area contributed by atoms with Crippen LogP contribution in [0.3, 0.4) is 0 Å². The van der Waals surface area contributed by atoms with Crippen molar-refractivity contribution in [2.24, 2.45) is 0 Å². The molecule has 1 saturated heterocycles. The van der Waals surface area contributed by atoms with Crippen LogP contribution in [0.5, 0.6) is 0 Å². The van der Waals surface area contributed by atoms with E-state index in [9.17, 15) is 14.0 Å². The summed E-state index contributed by atoms with van der Waals surface area (Å²) in [6, 6.07) is 13.7. The second-order valence-electron chi connectivity index (χ2n) is 7.70. The molecule has 3 amide bonds. The summed E-state index contributed by atoms with van der Waals surface area (Å²) in [5.41, 5.74) is 1.69. The molecule has 1 atom stereocenters. The topological polar surface area (TPSA) is 64.7 Å². The molecule has 0 aromatic heterocycles. The highest BCUT2D eigenvalue weighted by molar-refractivity contribution is 5.97. The van der Waals surface area contributed by atoms with E-state index in [1.54, 1.807) is 41.3 Å². The summed E-state index contributed by atoms with van der Waals surface area (Å²) in [6.07, 6.45) is 2.03. The quantitative estimate of drug-likeness (QED) is 0.832. The molecular formula is C22H25FN4O2. The third-order valence-corrected chi connectivity index (χ3v) is 5.36. The highest BCUT2D eigenvalue weighted by Gasteiger charge is 2.29. The molecule has 7 heteroatoms.